The molecule has 6 rings (SSSR count). The van der Waals surface area contributed by atoms with Gasteiger partial charge in [0.25, 0.3) is 5.91 Å². The van der Waals surface area contributed by atoms with Gasteiger partial charge in [-0.2, -0.15) is 0 Å². The number of benzene rings is 3. The molecule has 1 aromatic heterocycles. The molecule has 8 nitrogen and oxygen atoms in total. The van der Waals surface area contributed by atoms with Crippen molar-refractivity contribution in [2.75, 3.05) is 33.0 Å². The summed E-state index contributed by atoms with van der Waals surface area (Å²) in [4.78, 5) is 22.1. The molecule has 1 saturated heterocycles. The fraction of sp³-hybridized carbons (Fsp3) is 0.290. The van der Waals surface area contributed by atoms with E-state index in [0.717, 1.165) is 53.9 Å². The molecule has 0 radical (unpaired) electrons. The third kappa shape index (κ3) is 5.61. The van der Waals surface area contributed by atoms with Crippen LogP contribution in [0.4, 0.5) is 0 Å². The predicted octanol–water partition coefficient (Wildman–Crippen LogP) is 5.22. The van der Waals surface area contributed by atoms with Crippen molar-refractivity contribution in [3.8, 4) is 28.7 Å². The fourth-order valence-corrected chi connectivity index (χ4v) is 4.82. The molecule has 0 atom stereocenters. The van der Waals surface area contributed by atoms with E-state index in [0.29, 0.717) is 31.2 Å². The van der Waals surface area contributed by atoms with Crippen LogP contribution < -0.4 is 14.2 Å². The van der Waals surface area contributed by atoms with E-state index < -0.39 is 0 Å². The highest BCUT2D eigenvalue weighted by molar-refractivity contribution is 5.94. The van der Waals surface area contributed by atoms with Gasteiger partial charge in [-0.15, -0.1) is 0 Å². The minimum absolute atomic E-state index is 0.0417. The van der Waals surface area contributed by atoms with Crippen LogP contribution in [-0.4, -0.2) is 53.7 Å². The molecular formula is C31H31N3O5. The van der Waals surface area contributed by atoms with Crippen LogP contribution >= 0.6 is 0 Å². The highest BCUT2D eigenvalue weighted by atomic mass is 16.7. The van der Waals surface area contributed by atoms with Crippen molar-refractivity contribution >= 4 is 5.91 Å². The first-order valence-corrected chi connectivity index (χ1v) is 13.2. The molecule has 1 amide bonds. The molecule has 200 valence electrons. The Morgan fingerprint density at radius 2 is 1.64 bits per heavy atom. The molecule has 8 heteroatoms. The van der Waals surface area contributed by atoms with Gasteiger partial charge in [-0.25, -0.2) is 4.98 Å². The standard InChI is InChI=1S/C31H31N3O5/c1-21-3-10-26(11-4-21)36-19-27-22(2)39-30(32-27)24-6-8-25(9-7-24)31(35)34-15-13-33(14-16-34)18-23-5-12-28-29(17-23)38-20-37-28/h3-12,17H,13-16,18-20H2,1-2H3. The lowest BCUT2D eigenvalue weighted by Crippen LogP contribution is -2.48. The summed E-state index contributed by atoms with van der Waals surface area (Å²) in [5.41, 5.74) is 4.61. The molecule has 2 aliphatic rings. The maximum absolute atomic E-state index is 13.2. The van der Waals surface area contributed by atoms with Gasteiger partial charge in [-0.05, 0) is 67.9 Å². The van der Waals surface area contributed by atoms with E-state index >= 15 is 0 Å². The fourth-order valence-electron chi connectivity index (χ4n) is 4.82. The number of nitrogens with zero attached hydrogens (tertiary/aromatic N) is 3. The average molecular weight is 526 g/mol. The van der Waals surface area contributed by atoms with Gasteiger partial charge < -0.3 is 23.5 Å². The Labute approximate surface area is 227 Å². The maximum atomic E-state index is 13.2. The molecule has 1 fully saturated rings. The molecule has 3 aromatic carbocycles. The first-order chi connectivity index (χ1) is 19.0. The van der Waals surface area contributed by atoms with Crippen molar-refractivity contribution in [3.05, 3.63) is 94.9 Å². The molecule has 2 aliphatic heterocycles. The van der Waals surface area contributed by atoms with Crippen molar-refractivity contribution in [1.82, 2.24) is 14.8 Å². The van der Waals surface area contributed by atoms with E-state index in [1.165, 1.54) is 11.1 Å². The predicted molar refractivity (Wildman–Crippen MR) is 146 cm³/mol. The number of rotatable bonds is 7. The summed E-state index contributed by atoms with van der Waals surface area (Å²) in [5.74, 6) is 3.67. The number of oxazole rings is 1. The molecule has 0 aliphatic carbocycles. The number of piperazine rings is 1. The molecule has 0 spiro atoms. The number of ether oxygens (including phenoxy) is 3. The summed E-state index contributed by atoms with van der Waals surface area (Å²) in [6, 6.07) is 21.5. The minimum Gasteiger partial charge on any atom is -0.487 e. The minimum atomic E-state index is 0.0417. The van der Waals surface area contributed by atoms with E-state index in [2.05, 4.69) is 16.0 Å². The number of carbonyl (C=O) groups excluding carboxylic acids is 1. The maximum Gasteiger partial charge on any atom is 0.253 e. The van der Waals surface area contributed by atoms with Gasteiger partial charge in [0, 0.05) is 43.9 Å². The summed E-state index contributed by atoms with van der Waals surface area (Å²) in [7, 11) is 0. The van der Waals surface area contributed by atoms with Crippen molar-refractivity contribution in [2.24, 2.45) is 0 Å². The number of amides is 1. The number of aryl methyl sites for hydroxylation is 2. The van der Waals surface area contributed by atoms with Crippen molar-refractivity contribution in [2.45, 2.75) is 27.0 Å². The Morgan fingerprint density at radius 1 is 0.897 bits per heavy atom. The number of fused-ring (bicyclic) bond motifs is 1. The summed E-state index contributed by atoms with van der Waals surface area (Å²) in [5, 5.41) is 0. The van der Waals surface area contributed by atoms with E-state index in [1.807, 2.05) is 79.4 Å². The SMILES string of the molecule is Cc1ccc(OCc2nc(-c3ccc(C(=O)N4CCN(Cc5ccc6c(c5)OCO6)CC4)cc3)oc2C)cc1. The lowest BCUT2D eigenvalue weighted by molar-refractivity contribution is 0.0628. The van der Waals surface area contributed by atoms with Crippen molar-refractivity contribution < 1.29 is 23.4 Å². The zero-order valence-electron chi connectivity index (χ0n) is 22.2. The number of aromatic nitrogens is 1. The van der Waals surface area contributed by atoms with Crippen LogP contribution in [0.25, 0.3) is 11.5 Å². The number of hydrogen-bond acceptors (Lipinski definition) is 7. The largest absolute Gasteiger partial charge is 0.487 e. The zero-order valence-corrected chi connectivity index (χ0v) is 22.2. The molecule has 0 bridgehead atoms. The summed E-state index contributed by atoms with van der Waals surface area (Å²) < 4.78 is 22.7. The molecule has 0 N–H and O–H groups in total. The Bertz CT molecular complexity index is 1450. The smallest absolute Gasteiger partial charge is 0.253 e. The average Bonchev–Trinajstić information content (AvgIpc) is 3.59. The highest BCUT2D eigenvalue weighted by Crippen LogP contribution is 2.33. The van der Waals surface area contributed by atoms with Crippen LogP contribution in [0.3, 0.4) is 0 Å². The third-order valence-electron chi connectivity index (χ3n) is 7.17. The van der Waals surface area contributed by atoms with Crippen LogP contribution in [0.1, 0.15) is 32.9 Å². The van der Waals surface area contributed by atoms with Crippen LogP contribution in [-0.2, 0) is 13.2 Å². The Hall–Kier alpha value is -4.30. The van der Waals surface area contributed by atoms with Crippen LogP contribution in [0.15, 0.2) is 71.1 Å². The lowest BCUT2D eigenvalue weighted by Gasteiger charge is -2.34. The van der Waals surface area contributed by atoms with Crippen LogP contribution in [0, 0.1) is 13.8 Å². The van der Waals surface area contributed by atoms with Gasteiger partial charge in [0.1, 0.15) is 23.8 Å². The first kappa shape index (κ1) is 25.0. The van der Waals surface area contributed by atoms with Gasteiger partial charge in [0.2, 0.25) is 12.7 Å². The number of hydrogen-bond donors (Lipinski definition) is 0. The second-order valence-corrected chi connectivity index (χ2v) is 9.96. The third-order valence-corrected chi connectivity index (χ3v) is 7.17. The van der Waals surface area contributed by atoms with E-state index in [-0.39, 0.29) is 12.7 Å². The molecular weight excluding hydrogens is 494 g/mol. The van der Waals surface area contributed by atoms with Gasteiger partial charge in [0.05, 0.1) is 0 Å². The first-order valence-electron chi connectivity index (χ1n) is 13.2. The van der Waals surface area contributed by atoms with Crippen molar-refractivity contribution in [1.29, 1.82) is 0 Å². The Morgan fingerprint density at radius 3 is 2.41 bits per heavy atom. The second-order valence-electron chi connectivity index (χ2n) is 9.96. The van der Waals surface area contributed by atoms with Crippen LogP contribution in [0.5, 0.6) is 17.2 Å². The van der Waals surface area contributed by atoms with E-state index in [1.54, 1.807) is 0 Å². The molecule has 39 heavy (non-hydrogen) atoms. The molecule has 0 saturated carbocycles. The quantitative estimate of drug-likeness (QED) is 0.327. The van der Waals surface area contributed by atoms with Crippen LogP contribution in [0.2, 0.25) is 0 Å². The molecule has 3 heterocycles. The Kier molecular flexibility index (Phi) is 6.94. The molecule has 4 aromatic rings. The highest BCUT2D eigenvalue weighted by Gasteiger charge is 2.23. The topological polar surface area (TPSA) is 77.3 Å². The summed E-state index contributed by atoms with van der Waals surface area (Å²) in [6.45, 7) is 8.37. The molecule has 0 unspecified atom stereocenters. The second kappa shape index (κ2) is 10.8. The van der Waals surface area contributed by atoms with Gasteiger partial charge in [-0.3, -0.25) is 9.69 Å². The van der Waals surface area contributed by atoms with Gasteiger partial charge in [0.15, 0.2) is 11.5 Å². The van der Waals surface area contributed by atoms with E-state index in [4.69, 9.17) is 18.6 Å². The van der Waals surface area contributed by atoms with Crippen molar-refractivity contribution in [3.63, 3.8) is 0 Å². The summed E-state index contributed by atoms with van der Waals surface area (Å²) >= 11 is 0. The zero-order chi connectivity index (χ0) is 26.8. The van der Waals surface area contributed by atoms with Gasteiger partial charge >= 0.3 is 0 Å². The number of carbonyl (C=O) groups is 1. The summed E-state index contributed by atoms with van der Waals surface area (Å²) in [6.07, 6.45) is 0. The van der Waals surface area contributed by atoms with E-state index in [9.17, 15) is 4.79 Å². The lowest BCUT2D eigenvalue weighted by atomic mass is 10.1. The van der Waals surface area contributed by atoms with Gasteiger partial charge in [-0.1, -0.05) is 23.8 Å². The normalized spacial score (nSPS) is 15.0. The monoisotopic (exact) mass is 525 g/mol. The Balaban J connectivity index is 1.03.